The Morgan fingerprint density at radius 2 is 2.00 bits per heavy atom. The average molecular weight is 296 g/mol. The van der Waals surface area contributed by atoms with Gasteiger partial charge in [0.2, 0.25) is 0 Å². The molecule has 112 valence electrons. The number of fused-ring (bicyclic) bond motifs is 1. The fourth-order valence-corrected chi connectivity index (χ4v) is 3.52. The van der Waals surface area contributed by atoms with Gasteiger partial charge in [0.1, 0.15) is 9.84 Å². The Morgan fingerprint density at radius 3 is 2.65 bits per heavy atom. The maximum atomic E-state index is 11.2. The predicted molar refractivity (Wildman–Crippen MR) is 82.6 cm³/mol. The molecule has 0 bridgehead atoms. The molecule has 0 saturated heterocycles. The lowest BCUT2D eigenvalue weighted by Crippen LogP contribution is -2.46. The molecule has 1 N–H and O–H groups in total. The van der Waals surface area contributed by atoms with Crippen molar-refractivity contribution in [2.75, 3.05) is 32.1 Å². The monoisotopic (exact) mass is 296 g/mol. The molecule has 1 aliphatic rings. The SMILES string of the molecule is CNCC1Cc2ccccc2CN1CCCS(C)(=O)=O. The summed E-state index contributed by atoms with van der Waals surface area (Å²) in [6.07, 6.45) is 3.06. The summed E-state index contributed by atoms with van der Waals surface area (Å²) in [4.78, 5) is 2.41. The molecule has 1 atom stereocenters. The Hall–Kier alpha value is -0.910. The molecule has 0 amide bonds. The normalized spacial score (nSPS) is 19.8. The first-order valence-electron chi connectivity index (χ1n) is 7.13. The van der Waals surface area contributed by atoms with E-state index in [4.69, 9.17) is 0 Å². The Labute approximate surface area is 122 Å². The van der Waals surface area contributed by atoms with Gasteiger partial charge >= 0.3 is 0 Å². The van der Waals surface area contributed by atoms with Crippen molar-refractivity contribution in [1.82, 2.24) is 10.2 Å². The fraction of sp³-hybridized carbons (Fsp3) is 0.600. The highest BCUT2D eigenvalue weighted by molar-refractivity contribution is 7.90. The second-order valence-electron chi connectivity index (χ2n) is 5.64. The van der Waals surface area contributed by atoms with E-state index in [0.717, 1.165) is 26.1 Å². The lowest BCUT2D eigenvalue weighted by molar-refractivity contribution is 0.170. The van der Waals surface area contributed by atoms with E-state index in [1.165, 1.54) is 17.4 Å². The molecule has 0 spiro atoms. The van der Waals surface area contributed by atoms with Gasteiger partial charge in [-0.3, -0.25) is 4.90 Å². The number of rotatable bonds is 6. The summed E-state index contributed by atoms with van der Waals surface area (Å²) in [5, 5.41) is 3.24. The summed E-state index contributed by atoms with van der Waals surface area (Å²) in [5.41, 5.74) is 2.80. The maximum Gasteiger partial charge on any atom is 0.147 e. The lowest BCUT2D eigenvalue weighted by Gasteiger charge is -2.37. The molecular weight excluding hydrogens is 272 g/mol. The van der Waals surface area contributed by atoms with Crippen LogP contribution >= 0.6 is 0 Å². The van der Waals surface area contributed by atoms with Crippen molar-refractivity contribution in [3.05, 3.63) is 35.4 Å². The van der Waals surface area contributed by atoms with Crippen molar-refractivity contribution in [3.63, 3.8) is 0 Å². The van der Waals surface area contributed by atoms with Crippen LogP contribution in [-0.4, -0.2) is 51.5 Å². The van der Waals surface area contributed by atoms with Crippen molar-refractivity contribution < 1.29 is 8.42 Å². The number of nitrogens with one attached hydrogen (secondary N) is 1. The molecule has 0 saturated carbocycles. The van der Waals surface area contributed by atoms with E-state index in [1.807, 2.05) is 7.05 Å². The minimum atomic E-state index is -2.86. The van der Waals surface area contributed by atoms with Crippen molar-refractivity contribution in [2.24, 2.45) is 0 Å². The first kappa shape index (κ1) is 15.5. The van der Waals surface area contributed by atoms with Gasteiger partial charge in [-0.1, -0.05) is 24.3 Å². The van der Waals surface area contributed by atoms with Gasteiger partial charge in [0, 0.05) is 25.4 Å². The van der Waals surface area contributed by atoms with Gasteiger partial charge in [-0.2, -0.15) is 0 Å². The lowest BCUT2D eigenvalue weighted by atomic mass is 9.94. The molecule has 1 aliphatic heterocycles. The van der Waals surface area contributed by atoms with E-state index in [2.05, 4.69) is 34.5 Å². The third kappa shape index (κ3) is 4.30. The molecule has 1 unspecified atom stereocenters. The molecule has 1 aromatic carbocycles. The van der Waals surface area contributed by atoms with Gasteiger partial charge in [0.05, 0.1) is 5.75 Å². The molecule has 20 heavy (non-hydrogen) atoms. The molecule has 1 heterocycles. The van der Waals surface area contributed by atoms with E-state index in [1.54, 1.807) is 0 Å². The second kappa shape index (κ2) is 6.70. The number of sulfone groups is 1. The van der Waals surface area contributed by atoms with Crippen molar-refractivity contribution in [3.8, 4) is 0 Å². The average Bonchev–Trinajstić information content (AvgIpc) is 2.38. The third-order valence-electron chi connectivity index (χ3n) is 3.86. The van der Waals surface area contributed by atoms with E-state index in [0.29, 0.717) is 12.5 Å². The Kier molecular flexibility index (Phi) is 5.18. The van der Waals surface area contributed by atoms with Crippen molar-refractivity contribution in [1.29, 1.82) is 0 Å². The van der Waals surface area contributed by atoms with Gasteiger partial charge in [-0.05, 0) is 37.6 Å². The Balaban J connectivity index is 2.02. The van der Waals surface area contributed by atoms with Gasteiger partial charge in [0.15, 0.2) is 0 Å². The van der Waals surface area contributed by atoms with Gasteiger partial charge in [0.25, 0.3) is 0 Å². The topological polar surface area (TPSA) is 49.4 Å². The molecule has 4 nitrogen and oxygen atoms in total. The smallest absolute Gasteiger partial charge is 0.147 e. The van der Waals surface area contributed by atoms with Crippen LogP contribution in [0.25, 0.3) is 0 Å². The summed E-state index contributed by atoms with van der Waals surface area (Å²) in [5.74, 6) is 0.275. The molecule has 0 fully saturated rings. The van der Waals surface area contributed by atoms with Gasteiger partial charge in [-0.25, -0.2) is 8.42 Å². The molecule has 0 aromatic heterocycles. The zero-order chi connectivity index (χ0) is 14.6. The maximum absolute atomic E-state index is 11.2. The Morgan fingerprint density at radius 1 is 1.30 bits per heavy atom. The van der Waals surface area contributed by atoms with Crippen molar-refractivity contribution >= 4 is 9.84 Å². The van der Waals surface area contributed by atoms with Gasteiger partial charge < -0.3 is 5.32 Å². The molecule has 2 rings (SSSR count). The van der Waals surface area contributed by atoms with Crippen LogP contribution in [0.4, 0.5) is 0 Å². The van der Waals surface area contributed by atoms with Gasteiger partial charge in [-0.15, -0.1) is 0 Å². The van der Waals surface area contributed by atoms with Crippen LogP contribution in [0.15, 0.2) is 24.3 Å². The standard InChI is InChI=1S/C15H24N2O2S/c1-16-11-15-10-13-6-3-4-7-14(13)12-17(15)8-5-9-20(2,18)19/h3-4,6-7,15-16H,5,8-12H2,1-2H3. The number of nitrogens with zero attached hydrogens (tertiary/aromatic N) is 1. The van der Waals surface area contributed by atoms with Crippen LogP contribution in [0.2, 0.25) is 0 Å². The van der Waals surface area contributed by atoms with Crippen LogP contribution in [0.5, 0.6) is 0 Å². The first-order chi connectivity index (χ1) is 9.49. The summed E-state index contributed by atoms with van der Waals surface area (Å²) < 4.78 is 22.5. The molecule has 1 aromatic rings. The van der Waals surface area contributed by atoms with Crippen molar-refractivity contribution in [2.45, 2.75) is 25.4 Å². The van der Waals surface area contributed by atoms with E-state index >= 15 is 0 Å². The summed E-state index contributed by atoms with van der Waals surface area (Å²) >= 11 is 0. The summed E-state index contributed by atoms with van der Waals surface area (Å²) in [6, 6.07) is 9.00. The molecule has 5 heteroatoms. The van der Waals surface area contributed by atoms with Crippen LogP contribution in [0.3, 0.4) is 0 Å². The van der Waals surface area contributed by atoms with Crippen LogP contribution < -0.4 is 5.32 Å². The number of benzene rings is 1. The zero-order valence-electron chi connectivity index (χ0n) is 12.3. The van der Waals surface area contributed by atoms with E-state index < -0.39 is 9.84 Å². The molecule has 0 aliphatic carbocycles. The quantitative estimate of drug-likeness (QED) is 0.853. The molecule has 0 radical (unpaired) electrons. The largest absolute Gasteiger partial charge is 0.318 e. The molecular formula is C15H24N2O2S. The fourth-order valence-electron chi connectivity index (χ4n) is 2.87. The van der Waals surface area contributed by atoms with Crippen LogP contribution in [0, 0.1) is 0 Å². The summed E-state index contributed by atoms with van der Waals surface area (Å²) in [6.45, 7) is 2.70. The minimum absolute atomic E-state index is 0.275. The highest BCUT2D eigenvalue weighted by Crippen LogP contribution is 2.23. The van der Waals surface area contributed by atoms with E-state index in [-0.39, 0.29) is 5.75 Å². The minimum Gasteiger partial charge on any atom is -0.318 e. The zero-order valence-corrected chi connectivity index (χ0v) is 13.1. The second-order valence-corrected chi connectivity index (χ2v) is 7.90. The van der Waals surface area contributed by atoms with Crippen LogP contribution in [0.1, 0.15) is 17.5 Å². The number of hydrogen-bond donors (Lipinski definition) is 1. The third-order valence-corrected chi connectivity index (χ3v) is 4.89. The first-order valence-corrected chi connectivity index (χ1v) is 9.19. The highest BCUT2D eigenvalue weighted by Gasteiger charge is 2.25. The summed E-state index contributed by atoms with van der Waals surface area (Å²) in [7, 11) is -0.890. The van der Waals surface area contributed by atoms with E-state index in [9.17, 15) is 8.42 Å². The number of likely N-dealkylation sites (N-methyl/N-ethyl adjacent to an activating group) is 1. The predicted octanol–water partition coefficient (Wildman–Crippen LogP) is 1.07. The highest BCUT2D eigenvalue weighted by atomic mass is 32.2. The number of hydrogen-bond acceptors (Lipinski definition) is 4. The Bertz CT molecular complexity index is 543. The van der Waals surface area contributed by atoms with Crippen LogP contribution in [-0.2, 0) is 22.8 Å².